The van der Waals surface area contributed by atoms with Crippen molar-refractivity contribution in [1.29, 1.82) is 0 Å². The van der Waals surface area contributed by atoms with Gasteiger partial charge >= 0.3 is 5.97 Å². The Labute approximate surface area is 170 Å². The highest BCUT2D eigenvalue weighted by Crippen LogP contribution is 2.46. The van der Waals surface area contributed by atoms with Gasteiger partial charge in [-0.25, -0.2) is 26.7 Å². The molecule has 0 saturated carbocycles. The number of hydrogen-bond donors (Lipinski definition) is 3. The van der Waals surface area contributed by atoms with Crippen molar-refractivity contribution in [3.05, 3.63) is 65.7 Å². The van der Waals surface area contributed by atoms with Gasteiger partial charge in [0.15, 0.2) is 23.1 Å². The van der Waals surface area contributed by atoms with Gasteiger partial charge < -0.3 is 15.2 Å². The van der Waals surface area contributed by atoms with Gasteiger partial charge in [0.2, 0.25) is 10.0 Å². The highest BCUT2D eigenvalue weighted by molar-refractivity contribution is 7.89. The number of rotatable bonds is 4. The molecule has 4 rings (SSSR count). The van der Waals surface area contributed by atoms with E-state index in [0.29, 0.717) is 16.8 Å². The number of benzene rings is 3. The number of sulfonamides is 1. The van der Waals surface area contributed by atoms with Crippen molar-refractivity contribution in [3.63, 3.8) is 0 Å². The van der Waals surface area contributed by atoms with E-state index in [1.54, 1.807) is 18.2 Å². The average Bonchev–Trinajstić information content (AvgIpc) is 2.72. The summed E-state index contributed by atoms with van der Waals surface area (Å²) in [5, 5.41) is 12.4. The third kappa shape index (κ3) is 3.36. The fraction of sp³-hybridized carbons (Fsp3) is 0.0500. The van der Waals surface area contributed by atoms with E-state index in [0.717, 1.165) is 18.2 Å². The fourth-order valence-corrected chi connectivity index (χ4v) is 3.83. The van der Waals surface area contributed by atoms with E-state index in [4.69, 9.17) is 4.74 Å². The summed E-state index contributed by atoms with van der Waals surface area (Å²) in [6.45, 7) is 0. The lowest BCUT2D eigenvalue weighted by molar-refractivity contribution is 0.0697. The Kier molecular flexibility index (Phi) is 4.67. The summed E-state index contributed by atoms with van der Waals surface area (Å²) in [4.78, 5) is 11.4. The Balaban J connectivity index is 1.81. The van der Waals surface area contributed by atoms with Crippen LogP contribution >= 0.6 is 0 Å². The SMILES string of the molecule is CNS(=O)(=O)c1cc2c(c(C(=O)O)c1)Nc1ccc(-c3ccc(F)c(F)c3)cc1O2. The number of ether oxygens (including phenoxy) is 1. The Morgan fingerprint density at radius 2 is 1.70 bits per heavy atom. The number of carboxylic acids is 1. The molecule has 3 aromatic rings. The quantitative estimate of drug-likeness (QED) is 0.449. The van der Waals surface area contributed by atoms with Crippen LogP contribution in [0.5, 0.6) is 11.5 Å². The second-order valence-electron chi connectivity index (χ2n) is 6.42. The van der Waals surface area contributed by atoms with E-state index in [1.807, 2.05) is 0 Å². The molecule has 0 aliphatic carbocycles. The van der Waals surface area contributed by atoms with Crippen LogP contribution < -0.4 is 14.8 Å². The lowest BCUT2D eigenvalue weighted by Crippen LogP contribution is -2.20. The lowest BCUT2D eigenvalue weighted by Gasteiger charge is -2.24. The second-order valence-corrected chi connectivity index (χ2v) is 8.31. The molecule has 10 heteroatoms. The number of nitrogens with one attached hydrogen (secondary N) is 2. The van der Waals surface area contributed by atoms with Crippen molar-refractivity contribution in [2.24, 2.45) is 0 Å². The van der Waals surface area contributed by atoms with E-state index >= 15 is 0 Å². The van der Waals surface area contributed by atoms with Gasteiger partial charge in [0.25, 0.3) is 0 Å². The standard InChI is InChI=1S/C20H14F2N2O5S/c1-23-30(27,28)12-8-13(20(25)26)19-18(9-12)29-17-7-11(3-5-16(17)24-19)10-2-4-14(21)15(22)6-10/h2-9,23-24H,1H3,(H,25,26). The molecule has 0 amide bonds. The minimum atomic E-state index is -3.92. The van der Waals surface area contributed by atoms with E-state index in [1.165, 1.54) is 19.2 Å². The van der Waals surface area contributed by atoms with Crippen LogP contribution in [0.1, 0.15) is 10.4 Å². The topological polar surface area (TPSA) is 105 Å². The number of aromatic carboxylic acids is 1. The van der Waals surface area contributed by atoms with Gasteiger partial charge in [-0.05, 0) is 48.5 Å². The molecule has 0 unspecified atom stereocenters. The third-order valence-electron chi connectivity index (χ3n) is 4.60. The predicted molar refractivity (Wildman–Crippen MR) is 105 cm³/mol. The normalized spacial score (nSPS) is 12.4. The maximum absolute atomic E-state index is 13.6. The zero-order valence-corrected chi connectivity index (χ0v) is 16.2. The summed E-state index contributed by atoms with van der Waals surface area (Å²) in [6.07, 6.45) is 0. The molecule has 1 heterocycles. The first kappa shape index (κ1) is 19.8. The molecule has 0 aromatic heterocycles. The number of carbonyl (C=O) groups is 1. The molecule has 7 nitrogen and oxygen atoms in total. The van der Waals surface area contributed by atoms with Gasteiger partial charge in [-0.15, -0.1) is 0 Å². The second kappa shape index (κ2) is 7.08. The summed E-state index contributed by atoms with van der Waals surface area (Å²) in [5.41, 5.74) is 1.18. The van der Waals surface area contributed by atoms with Gasteiger partial charge in [-0.2, -0.15) is 0 Å². The molecule has 0 spiro atoms. The molecule has 0 fully saturated rings. The van der Waals surface area contributed by atoms with Crippen LogP contribution in [-0.4, -0.2) is 26.5 Å². The van der Waals surface area contributed by atoms with Crippen LogP contribution in [0.2, 0.25) is 0 Å². The Hall–Kier alpha value is -3.50. The molecule has 0 bridgehead atoms. The summed E-state index contributed by atoms with van der Waals surface area (Å²) < 4.78 is 59.0. The summed E-state index contributed by atoms with van der Waals surface area (Å²) in [5.74, 6) is -3.04. The predicted octanol–water partition coefficient (Wildman–Crippen LogP) is 4.09. The smallest absolute Gasteiger partial charge is 0.338 e. The molecule has 0 saturated heterocycles. The van der Waals surface area contributed by atoms with Crippen LogP contribution in [0.4, 0.5) is 20.2 Å². The van der Waals surface area contributed by atoms with Crippen LogP contribution in [0.3, 0.4) is 0 Å². The van der Waals surface area contributed by atoms with Gasteiger partial charge in [0.05, 0.1) is 21.8 Å². The molecule has 154 valence electrons. The van der Waals surface area contributed by atoms with Crippen molar-refractivity contribution in [2.75, 3.05) is 12.4 Å². The number of fused-ring (bicyclic) bond motifs is 2. The zero-order valence-electron chi connectivity index (χ0n) is 15.4. The molecular weight excluding hydrogens is 418 g/mol. The first-order chi connectivity index (χ1) is 14.2. The minimum Gasteiger partial charge on any atom is -0.478 e. The first-order valence-corrected chi connectivity index (χ1v) is 10.1. The van der Waals surface area contributed by atoms with Crippen molar-refractivity contribution in [3.8, 4) is 22.6 Å². The first-order valence-electron chi connectivity index (χ1n) is 8.59. The van der Waals surface area contributed by atoms with Crippen molar-refractivity contribution >= 4 is 27.4 Å². The van der Waals surface area contributed by atoms with Gasteiger partial charge in [0, 0.05) is 6.07 Å². The van der Waals surface area contributed by atoms with E-state index in [9.17, 15) is 27.1 Å². The van der Waals surface area contributed by atoms with Gasteiger partial charge in [-0.1, -0.05) is 12.1 Å². The van der Waals surface area contributed by atoms with Gasteiger partial charge in [-0.3, -0.25) is 0 Å². The Morgan fingerprint density at radius 3 is 2.37 bits per heavy atom. The number of anilines is 2. The molecule has 30 heavy (non-hydrogen) atoms. The van der Waals surface area contributed by atoms with Gasteiger partial charge in [0.1, 0.15) is 0 Å². The summed E-state index contributed by atoms with van der Waals surface area (Å²) in [7, 11) is -2.72. The zero-order chi connectivity index (χ0) is 21.6. The highest BCUT2D eigenvalue weighted by atomic mass is 32.2. The third-order valence-corrected chi connectivity index (χ3v) is 5.99. The Bertz CT molecular complexity index is 1310. The monoisotopic (exact) mass is 432 g/mol. The number of carboxylic acid groups (broad SMARTS) is 1. The molecule has 3 N–H and O–H groups in total. The molecule has 1 aliphatic rings. The van der Waals surface area contributed by atoms with E-state index < -0.39 is 27.6 Å². The van der Waals surface area contributed by atoms with Crippen LogP contribution in [0.25, 0.3) is 11.1 Å². The van der Waals surface area contributed by atoms with Crippen LogP contribution in [0.15, 0.2) is 53.4 Å². The van der Waals surface area contributed by atoms with Crippen LogP contribution in [0, 0.1) is 11.6 Å². The largest absolute Gasteiger partial charge is 0.478 e. The number of hydrogen-bond acceptors (Lipinski definition) is 5. The summed E-state index contributed by atoms with van der Waals surface area (Å²) >= 11 is 0. The maximum Gasteiger partial charge on any atom is 0.338 e. The molecular formula is C20H14F2N2O5S. The number of halogens is 2. The van der Waals surface area contributed by atoms with Crippen LogP contribution in [-0.2, 0) is 10.0 Å². The lowest BCUT2D eigenvalue weighted by atomic mass is 10.0. The van der Waals surface area contributed by atoms with E-state index in [-0.39, 0.29) is 27.6 Å². The molecule has 1 aliphatic heterocycles. The summed E-state index contributed by atoms with van der Waals surface area (Å²) in [6, 6.07) is 10.5. The maximum atomic E-state index is 13.6. The molecule has 3 aromatic carbocycles. The van der Waals surface area contributed by atoms with Crippen molar-refractivity contribution < 1.29 is 31.8 Å². The fourth-order valence-electron chi connectivity index (χ4n) is 3.06. The highest BCUT2D eigenvalue weighted by Gasteiger charge is 2.27. The van der Waals surface area contributed by atoms with E-state index in [2.05, 4.69) is 10.0 Å². The van der Waals surface area contributed by atoms with Crippen molar-refractivity contribution in [2.45, 2.75) is 4.90 Å². The average molecular weight is 432 g/mol. The molecule has 0 radical (unpaired) electrons. The Morgan fingerprint density at radius 1 is 1.00 bits per heavy atom. The molecule has 0 atom stereocenters. The van der Waals surface area contributed by atoms with Crippen molar-refractivity contribution in [1.82, 2.24) is 4.72 Å². The minimum absolute atomic E-state index is 0.00124.